The highest BCUT2D eigenvalue weighted by molar-refractivity contribution is 5.88. The van der Waals surface area contributed by atoms with Crippen LogP contribution in [0.3, 0.4) is 0 Å². The number of carboxylic acids is 1. The molecule has 110 valence electrons. The summed E-state index contributed by atoms with van der Waals surface area (Å²) in [5, 5.41) is 8.97. The Morgan fingerprint density at radius 1 is 1.45 bits per heavy atom. The maximum absolute atomic E-state index is 13.4. The van der Waals surface area contributed by atoms with Gasteiger partial charge in [-0.15, -0.1) is 0 Å². The van der Waals surface area contributed by atoms with E-state index in [1.54, 1.807) is 6.07 Å². The predicted molar refractivity (Wildman–Crippen MR) is 76.2 cm³/mol. The van der Waals surface area contributed by atoms with Gasteiger partial charge in [-0.2, -0.15) is 0 Å². The fraction of sp³-hybridized carbons (Fsp3) is 0.562. The highest BCUT2D eigenvalue weighted by Gasteiger charge is 2.28. The Hall–Kier alpha value is -1.42. The first kappa shape index (κ1) is 15.0. The summed E-state index contributed by atoms with van der Waals surface area (Å²) in [6.07, 6.45) is 3.56. The van der Waals surface area contributed by atoms with E-state index >= 15 is 0 Å². The van der Waals surface area contributed by atoms with Crippen molar-refractivity contribution in [2.75, 3.05) is 6.54 Å². The lowest BCUT2D eigenvalue weighted by Gasteiger charge is -2.23. The van der Waals surface area contributed by atoms with Crippen molar-refractivity contribution in [3.8, 4) is 0 Å². The van der Waals surface area contributed by atoms with Crippen LogP contribution >= 0.6 is 0 Å². The van der Waals surface area contributed by atoms with E-state index in [4.69, 9.17) is 5.11 Å². The zero-order valence-corrected chi connectivity index (χ0v) is 12.1. The molecule has 1 aliphatic carbocycles. The Morgan fingerprint density at radius 2 is 2.15 bits per heavy atom. The van der Waals surface area contributed by atoms with E-state index in [0.29, 0.717) is 18.5 Å². The molecule has 4 heteroatoms. The van der Waals surface area contributed by atoms with Crippen molar-refractivity contribution in [3.05, 3.63) is 35.1 Å². The molecule has 2 rings (SSSR count). The molecule has 0 saturated heterocycles. The Labute approximate surface area is 119 Å². The Balaban J connectivity index is 2.06. The minimum absolute atomic E-state index is 0.234. The molecule has 0 radical (unpaired) electrons. The molecule has 0 amide bonds. The van der Waals surface area contributed by atoms with E-state index in [9.17, 15) is 9.18 Å². The molecule has 0 heterocycles. The molecule has 1 aromatic rings. The second kappa shape index (κ2) is 6.35. The van der Waals surface area contributed by atoms with Gasteiger partial charge in [0.1, 0.15) is 5.82 Å². The van der Waals surface area contributed by atoms with Crippen LogP contribution in [0.5, 0.6) is 0 Å². The number of nitrogens with zero attached hydrogens (tertiary/aromatic N) is 1. The van der Waals surface area contributed by atoms with E-state index in [0.717, 1.165) is 18.5 Å². The van der Waals surface area contributed by atoms with Crippen molar-refractivity contribution < 1.29 is 14.3 Å². The van der Waals surface area contributed by atoms with Gasteiger partial charge in [-0.25, -0.2) is 9.18 Å². The van der Waals surface area contributed by atoms with Gasteiger partial charge in [0.15, 0.2) is 0 Å². The van der Waals surface area contributed by atoms with Crippen molar-refractivity contribution in [1.29, 1.82) is 0 Å². The first-order valence-corrected chi connectivity index (χ1v) is 7.23. The van der Waals surface area contributed by atoms with Gasteiger partial charge >= 0.3 is 5.97 Å². The molecule has 20 heavy (non-hydrogen) atoms. The number of hydrogen-bond acceptors (Lipinski definition) is 2. The zero-order chi connectivity index (χ0) is 14.7. The monoisotopic (exact) mass is 279 g/mol. The molecule has 0 spiro atoms. The van der Waals surface area contributed by atoms with E-state index in [2.05, 4.69) is 18.7 Å². The SMILES string of the molecule is CC(C)CCN(Cc1ccc(F)c(C(=O)O)c1)C1CC1. The lowest BCUT2D eigenvalue weighted by atomic mass is 10.1. The third-order valence-electron chi connectivity index (χ3n) is 3.70. The second-order valence-electron chi connectivity index (χ2n) is 6.00. The van der Waals surface area contributed by atoms with E-state index in [-0.39, 0.29) is 5.56 Å². The third kappa shape index (κ3) is 4.04. The molecular formula is C16H22FNO2. The third-order valence-corrected chi connectivity index (χ3v) is 3.70. The number of benzene rings is 1. The minimum Gasteiger partial charge on any atom is -0.478 e. The van der Waals surface area contributed by atoms with Gasteiger partial charge in [-0.3, -0.25) is 4.90 Å². The largest absolute Gasteiger partial charge is 0.478 e. The van der Waals surface area contributed by atoms with Crippen LogP contribution in [0.25, 0.3) is 0 Å². The van der Waals surface area contributed by atoms with Crippen LogP contribution in [-0.2, 0) is 6.54 Å². The van der Waals surface area contributed by atoms with Crippen LogP contribution in [0.1, 0.15) is 49.0 Å². The first-order chi connectivity index (χ1) is 9.47. The van der Waals surface area contributed by atoms with Crippen molar-refractivity contribution >= 4 is 5.97 Å². The molecule has 0 aliphatic heterocycles. The van der Waals surface area contributed by atoms with Crippen molar-refractivity contribution in [3.63, 3.8) is 0 Å². The fourth-order valence-corrected chi connectivity index (χ4v) is 2.32. The van der Waals surface area contributed by atoms with Gasteiger partial charge in [-0.1, -0.05) is 19.9 Å². The number of halogens is 1. The normalized spacial score (nSPS) is 15.1. The summed E-state index contributed by atoms with van der Waals surface area (Å²) in [4.78, 5) is 13.4. The minimum atomic E-state index is -1.20. The standard InChI is InChI=1S/C16H22FNO2/c1-11(2)7-8-18(13-4-5-13)10-12-3-6-15(17)14(9-12)16(19)20/h3,6,9,11,13H,4-5,7-8,10H2,1-2H3,(H,19,20). The van der Waals surface area contributed by atoms with Gasteiger partial charge in [0, 0.05) is 12.6 Å². The Kier molecular flexibility index (Phi) is 4.76. The average Bonchev–Trinajstić information content (AvgIpc) is 3.20. The molecule has 0 atom stereocenters. The van der Waals surface area contributed by atoms with Gasteiger partial charge in [0.25, 0.3) is 0 Å². The van der Waals surface area contributed by atoms with Gasteiger partial charge in [0.05, 0.1) is 5.56 Å². The van der Waals surface area contributed by atoms with E-state index in [1.165, 1.54) is 25.0 Å². The molecular weight excluding hydrogens is 257 g/mol. The van der Waals surface area contributed by atoms with Gasteiger partial charge < -0.3 is 5.11 Å². The Morgan fingerprint density at radius 3 is 2.70 bits per heavy atom. The zero-order valence-electron chi connectivity index (χ0n) is 12.1. The molecule has 1 saturated carbocycles. The summed E-state index contributed by atoms with van der Waals surface area (Å²) >= 11 is 0. The number of rotatable bonds is 7. The molecule has 1 aliphatic rings. The lowest BCUT2D eigenvalue weighted by molar-refractivity contribution is 0.0691. The van der Waals surface area contributed by atoms with Crippen molar-refractivity contribution in [1.82, 2.24) is 4.90 Å². The predicted octanol–water partition coefficient (Wildman–Crippen LogP) is 3.53. The smallest absolute Gasteiger partial charge is 0.338 e. The summed E-state index contributed by atoms with van der Waals surface area (Å²) in [6.45, 7) is 6.12. The lowest BCUT2D eigenvalue weighted by Crippen LogP contribution is -2.27. The maximum atomic E-state index is 13.4. The molecule has 1 N–H and O–H groups in total. The molecule has 1 aromatic carbocycles. The summed E-state index contributed by atoms with van der Waals surface area (Å²) in [6, 6.07) is 5.02. The van der Waals surface area contributed by atoms with Crippen LogP contribution in [0, 0.1) is 11.7 Å². The fourth-order valence-electron chi connectivity index (χ4n) is 2.32. The number of aromatic carboxylic acids is 1. The van der Waals surface area contributed by atoms with E-state index < -0.39 is 11.8 Å². The summed E-state index contributed by atoms with van der Waals surface area (Å²) in [5.74, 6) is -1.22. The molecule has 3 nitrogen and oxygen atoms in total. The first-order valence-electron chi connectivity index (χ1n) is 7.23. The molecule has 0 aromatic heterocycles. The van der Waals surface area contributed by atoms with Crippen LogP contribution in [0.4, 0.5) is 4.39 Å². The van der Waals surface area contributed by atoms with Gasteiger partial charge in [0.2, 0.25) is 0 Å². The average molecular weight is 279 g/mol. The van der Waals surface area contributed by atoms with Crippen molar-refractivity contribution in [2.45, 2.75) is 45.7 Å². The molecule has 0 bridgehead atoms. The van der Waals surface area contributed by atoms with Crippen LogP contribution in [0.15, 0.2) is 18.2 Å². The van der Waals surface area contributed by atoms with Gasteiger partial charge in [-0.05, 0) is 49.4 Å². The van der Waals surface area contributed by atoms with Crippen LogP contribution in [0.2, 0.25) is 0 Å². The second-order valence-corrected chi connectivity index (χ2v) is 6.00. The maximum Gasteiger partial charge on any atom is 0.338 e. The summed E-state index contributed by atoms with van der Waals surface area (Å²) in [5.41, 5.74) is 0.640. The number of carboxylic acid groups (broad SMARTS) is 1. The quantitative estimate of drug-likeness (QED) is 0.830. The van der Waals surface area contributed by atoms with E-state index in [1.807, 2.05) is 0 Å². The summed E-state index contributed by atoms with van der Waals surface area (Å²) in [7, 11) is 0. The summed E-state index contributed by atoms with van der Waals surface area (Å²) < 4.78 is 13.4. The van der Waals surface area contributed by atoms with Crippen LogP contribution < -0.4 is 0 Å². The Bertz CT molecular complexity index is 483. The molecule has 0 unspecified atom stereocenters. The highest BCUT2D eigenvalue weighted by Crippen LogP contribution is 2.29. The number of carbonyl (C=O) groups is 1. The topological polar surface area (TPSA) is 40.5 Å². The highest BCUT2D eigenvalue weighted by atomic mass is 19.1. The molecule has 1 fully saturated rings. The number of hydrogen-bond donors (Lipinski definition) is 1. The van der Waals surface area contributed by atoms with Crippen LogP contribution in [-0.4, -0.2) is 28.6 Å². The van der Waals surface area contributed by atoms with Crippen molar-refractivity contribution in [2.24, 2.45) is 5.92 Å².